The van der Waals surface area contributed by atoms with Crippen LogP contribution in [0.15, 0.2) is 29.3 Å². The van der Waals surface area contributed by atoms with Crippen molar-refractivity contribution in [3.05, 3.63) is 35.4 Å². The molecule has 29 heavy (non-hydrogen) atoms. The Kier molecular flexibility index (Phi) is 6.71. The third kappa shape index (κ3) is 4.04. The van der Waals surface area contributed by atoms with Gasteiger partial charge in [-0.15, -0.1) is 24.0 Å². The number of fused-ring (bicyclic) bond motifs is 2. The number of nitrogens with zero attached hydrogens (tertiary/aromatic N) is 2. The van der Waals surface area contributed by atoms with Gasteiger partial charge in [-0.3, -0.25) is 9.89 Å². The van der Waals surface area contributed by atoms with E-state index >= 15 is 0 Å². The second-order valence-corrected chi connectivity index (χ2v) is 9.18. The lowest BCUT2D eigenvalue weighted by molar-refractivity contribution is -0.171. The van der Waals surface area contributed by atoms with E-state index in [1.807, 2.05) is 7.05 Å². The normalized spacial score (nSPS) is 30.2. The minimum atomic E-state index is 0. The average Bonchev–Trinajstić information content (AvgIpc) is 3.33. The van der Waals surface area contributed by atoms with Crippen molar-refractivity contribution in [3.63, 3.8) is 0 Å². The Morgan fingerprint density at radius 1 is 1.14 bits per heavy atom. The molecule has 2 saturated heterocycles. The first-order valence-electron chi connectivity index (χ1n) is 11.2. The van der Waals surface area contributed by atoms with Gasteiger partial charge in [0.15, 0.2) is 5.96 Å². The predicted molar refractivity (Wildman–Crippen MR) is 128 cm³/mol. The van der Waals surface area contributed by atoms with Crippen molar-refractivity contribution in [1.82, 2.24) is 15.5 Å². The minimum absolute atomic E-state index is 0. The van der Waals surface area contributed by atoms with Gasteiger partial charge in [0.2, 0.25) is 0 Å². The Labute approximate surface area is 192 Å². The van der Waals surface area contributed by atoms with Crippen molar-refractivity contribution in [1.29, 1.82) is 0 Å². The molecule has 0 amide bonds. The highest BCUT2D eigenvalue weighted by molar-refractivity contribution is 14.0. The van der Waals surface area contributed by atoms with Crippen molar-refractivity contribution < 1.29 is 4.74 Å². The van der Waals surface area contributed by atoms with Crippen molar-refractivity contribution in [2.45, 2.75) is 63.8 Å². The lowest BCUT2D eigenvalue weighted by Gasteiger charge is -2.63. The maximum Gasteiger partial charge on any atom is 0.191 e. The van der Waals surface area contributed by atoms with Gasteiger partial charge in [0.05, 0.1) is 6.10 Å². The molecule has 0 bridgehead atoms. The van der Waals surface area contributed by atoms with E-state index in [9.17, 15) is 0 Å². The molecule has 2 saturated carbocycles. The lowest BCUT2D eigenvalue weighted by atomic mass is 9.46. The van der Waals surface area contributed by atoms with Gasteiger partial charge in [-0.1, -0.05) is 30.7 Å². The number of guanidine groups is 1. The van der Waals surface area contributed by atoms with E-state index < -0.39 is 0 Å². The van der Waals surface area contributed by atoms with Crippen molar-refractivity contribution >= 4 is 29.9 Å². The highest BCUT2D eigenvalue weighted by Crippen LogP contribution is 2.62. The van der Waals surface area contributed by atoms with Crippen LogP contribution in [0.25, 0.3) is 0 Å². The molecule has 6 heteroatoms. The van der Waals surface area contributed by atoms with Gasteiger partial charge in [0.1, 0.15) is 0 Å². The molecule has 3 atom stereocenters. The van der Waals surface area contributed by atoms with Crippen LogP contribution in [0.4, 0.5) is 0 Å². The van der Waals surface area contributed by atoms with E-state index in [4.69, 9.17) is 4.74 Å². The van der Waals surface area contributed by atoms with Gasteiger partial charge in [-0.2, -0.15) is 0 Å². The Morgan fingerprint density at radius 3 is 2.52 bits per heavy atom. The molecule has 5 rings (SSSR count). The number of nitrogens with one attached hydrogen (secondary N) is 2. The zero-order chi connectivity index (χ0) is 19.0. The number of likely N-dealkylation sites (tertiary alicyclic amines) is 1. The monoisotopic (exact) mass is 510 g/mol. The molecule has 5 nitrogen and oxygen atoms in total. The van der Waals surface area contributed by atoms with Gasteiger partial charge >= 0.3 is 0 Å². The fraction of sp³-hybridized carbons (Fsp3) is 0.696. The fourth-order valence-corrected chi connectivity index (χ4v) is 5.95. The topological polar surface area (TPSA) is 48.9 Å². The molecule has 2 aliphatic carbocycles. The van der Waals surface area contributed by atoms with Gasteiger partial charge in [-0.05, 0) is 56.3 Å². The van der Waals surface area contributed by atoms with Crippen LogP contribution in [-0.4, -0.2) is 49.7 Å². The quantitative estimate of drug-likeness (QED) is 0.362. The number of ether oxygens (including phenoxy) is 1. The Hall–Kier alpha value is -0.860. The summed E-state index contributed by atoms with van der Waals surface area (Å²) in [7, 11) is 1.88. The molecule has 160 valence electrons. The lowest BCUT2D eigenvalue weighted by Crippen LogP contribution is -2.72. The van der Waals surface area contributed by atoms with Crippen LogP contribution in [0.3, 0.4) is 0 Å². The van der Waals surface area contributed by atoms with Crippen molar-refractivity contribution in [2.24, 2.45) is 16.3 Å². The number of halogens is 1. The molecule has 0 radical (unpaired) electrons. The first-order chi connectivity index (χ1) is 13.8. The average molecular weight is 510 g/mol. The van der Waals surface area contributed by atoms with Crippen LogP contribution < -0.4 is 10.6 Å². The van der Waals surface area contributed by atoms with Gasteiger partial charge < -0.3 is 15.4 Å². The third-order valence-electron chi connectivity index (χ3n) is 7.64. The molecule has 2 N–H and O–H groups in total. The Bertz CT molecular complexity index is 712. The molecule has 1 aromatic rings. The van der Waals surface area contributed by atoms with Crippen LogP contribution in [-0.2, 0) is 17.8 Å². The molecule has 0 aromatic heterocycles. The maximum atomic E-state index is 6.04. The van der Waals surface area contributed by atoms with Crippen LogP contribution in [0.1, 0.15) is 49.7 Å². The molecule has 2 heterocycles. The summed E-state index contributed by atoms with van der Waals surface area (Å²) >= 11 is 0. The number of benzene rings is 1. The Morgan fingerprint density at radius 2 is 1.86 bits per heavy atom. The van der Waals surface area contributed by atoms with E-state index in [2.05, 4.69) is 44.8 Å². The van der Waals surface area contributed by atoms with Crippen molar-refractivity contribution in [2.75, 3.05) is 26.7 Å². The van der Waals surface area contributed by atoms with E-state index in [1.165, 1.54) is 62.7 Å². The SMILES string of the molecule is CN=C(NCc1ccc(CN2CCCC2)cc1)NC1C2CCOC2C12CCC2.I. The molecular formula is C23H35IN4O. The van der Waals surface area contributed by atoms with Gasteiger partial charge in [0, 0.05) is 44.1 Å². The molecular weight excluding hydrogens is 475 g/mol. The summed E-state index contributed by atoms with van der Waals surface area (Å²) in [5.41, 5.74) is 3.11. The number of rotatable bonds is 5. The van der Waals surface area contributed by atoms with E-state index in [0.29, 0.717) is 23.5 Å². The predicted octanol–water partition coefficient (Wildman–Crippen LogP) is 3.52. The van der Waals surface area contributed by atoms with Crippen LogP contribution >= 0.6 is 24.0 Å². The Balaban J connectivity index is 0.00000205. The molecule has 3 unspecified atom stereocenters. The molecule has 1 aromatic carbocycles. The summed E-state index contributed by atoms with van der Waals surface area (Å²) in [6, 6.07) is 9.59. The van der Waals surface area contributed by atoms with Crippen LogP contribution in [0.2, 0.25) is 0 Å². The smallest absolute Gasteiger partial charge is 0.191 e. The summed E-state index contributed by atoms with van der Waals surface area (Å²) in [6.07, 6.45) is 8.36. The zero-order valence-corrected chi connectivity index (χ0v) is 19.9. The van der Waals surface area contributed by atoms with E-state index in [1.54, 1.807) is 0 Å². The summed E-state index contributed by atoms with van der Waals surface area (Å²) < 4.78 is 6.04. The fourth-order valence-electron chi connectivity index (χ4n) is 5.95. The zero-order valence-electron chi connectivity index (χ0n) is 17.5. The second kappa shape index (κ2) is 9.10. The van der Waals surface area contributed by atoms with E-state index in [0.717, 1.165) is 25.7 Å². The standard InChI is InChI=1S/C23H34N4O.HI/c1-24-22(26-20-19-9-14-28-21(19)23(20)10-4-11-23)25-15-17-5-7-18(8-6-17)16-27-12-2-3-13-27;/h5-8,19-21H,2-4,9-16H2,1H3,(H2,24,25,26);1H. The number of hydrogen-bond acceptors (Lipinski definition) is 3. The van der Waals surface area contributed by atoms with Crippen molar-refractivity contribution in [3.8, 4) is 0 Å². The minimum Gasteiger partial charge on any atom is -0.377 e. The van der Waals surface area contributed by atoms with Crippen LogP contribution in [0, 0.1) is 11.3 Å². The number of aliphatic imine (C=N–C) groups is 1. The maximum absolute atomic E-state index is 6.04. The first-order valence-corrected chi connectivity index (χ1v) is 11.2. The molecule has 4 aliphatic rings. The largest absolute Gasteiger partial charge is 0.377 e. The summed E-state index contributed by atoms with van der Waals surface area (Å²) in [5.74, 6) is 1.60. The summed E-state index contributed by atoms with van der Waals surface area (Å²) in [4.78, 5) is 7.05. The molecule has 4 fully saturated rings. The highest BCUT2D eigenvalue weighted by atomic mass is 127. The third-order valence-corrected chi connectivity index (χ3v) is 7.64. The van der Waals surface area contributed by atoms with Gasteiger partial charge in [0.25, 0.3) is 0 Å². The van der Waals surface area contributed by atoms with Gasteiger partial charge in [-0.25, -0.2) is 0 Å². The second-order valence-electron chi connectivity index (χ2n) is 9.18. The first kappa shape index (κ1) is 21.4. The van der Waals surface area contributed by atoms with Crippen LogP contribution in [0.5, 0.6) is 0 Å². The van der Waals surface area contributed by atoms with E-state index in [-0.39, 0.29) is 24.0 Å². The summed E-state index contributed by atoms with van der Waals surface area (Å²) in [5, 5.41) is 7.28. The summed E-state index contributed by atoms with van der Waals surface area (Å²) in [6.45, 7) is 5.34. The molecule has 2 aliphatic heterocycles. The molecule has 1 spiro atoms. The number of hydrogen-bond donors (Lipinski definition) is 2. The highest BCUT2D eigenvalue weighted by Gasteiger charge is 2.66.